The third-order valence-corrected chi connectivity index (χ3v) is 12.2. The van der Waals surface area contributed by atoms with Crippen LogP contribution in [0.25, 0.3) is 0 Å². The number of methoxy groups -OCH3 is 3. The molecule has 0 radical (unpaired) electrons. The number of nitrogens with two attached hydrogens (primary N) is 5. The molecule has 0 heterocycles. The Hall–Kier alpha value is -5.68. The first-order valence-corrected chi connectivity index (χ1v) is 26.7. The topological polar surface area (TPSA) is 178 Å². The third kappa shape index (κ3) is 30.8. The van der Waals surface area contributed by atoms with Crippen molar-refractivity contribution < 1.29 is 19.3 Å². The second kappa shape index (κ2) is 42.8. The van der Waals surface area contributed by atoms with Crippen LogP contribution < -0.4 is 42.9 Å². The van der Waals surface area contributed by atoms with Gasteiger partial charge >= 0.3 is 0 Å². The zero-order valence-electron chi connectivity index (χ0n) is 46.4. The van der Waals surface area contributed by atoms with Crippen molar-refractivity contribution in [1.29, 1.82) is 0 Å². The number of aliphatic hydroxyl groups is 1. The largest absolute Gasteiger partial charge is 0.496 e. The highest BCUT2D eigenvalue weighted by Gasteiger charge is 2.09. The number of aryl methyl sites for hydroxylation is 4. The van der Waals surface area contributed by atoms with Crippen LogP contribution in [-0.2, 0) is 45.2 Å². The number of hydrogen-bond acceptors (Lipinski definition) is 9. The lowest BCUT2D eigenvalue weighted by Gasteiger charge is -2.15. The van der Waals surface area contributed by atoms with Crippen LogP contribution in [0, 0.1) is 19.8 Å². The lowest BCUT2D eigenvalue weighted by Crippen LogP contribution is -2.03. The summed E-state index contributed by atoms with van der Waals surface area (Å²) < 4.78 is 15.4. The van der Waals surface area contributed by atoms with E-state index >= 15 is 0 Å². The van der Waals surface area contributed by atoms with E-state index in [1.807, 2.05) is 97.1 Å². The molecule has 0 amide bonds. The Bertz CT molecular complexity index is 2210. The first-order chi connectivity index (χ1) is 35.4. The Morgan fingerprint density at radius 1 is 0.493 bits per heavy atom. The van der Waals surface area contributed by atoms with Gasteiger partial charge in [-0.25, -0.2) is 0 Å². The van der Waals surface area contributed by atoms with Gasteiger partial charge in [-0.2, -0.15) is 0 Å². The molecule has 0 spiro atoms. The van der Waals surface area contributed by atoms with Gasteiger partial charge in [-0.3, -0.25) is 0 Å². The number of benzene rings is 6. The number of anilines is 1. The summed E-state index contributed by atoms with van der Waals surface area (Å²) in [6.45, 7) is 13.8. The van der Waals surface area contributed by atoms with Crippen molar-refractivity contribution in [3.05, 3.63) is 190 Å². The number of rotatable bonds is 13. The van der Waals surface area contributed by atoms with E-state index < -0.39 is 0 Å². The highest BCUT2D eigenvalue weighted by molar-refractivity contribution is 5.43. The molecular weight excluding hydrogens is 903 g/mol. The summed E-state index contributed by atoms with van der Waals surface area (Å²) in [5.41, 5.74) is 39.5. The molecule has 73 heavy (non-hydrogen) atoms. The molecule has 11 N–H and O–H groups in total. The van der Waals surface area contributed by atoms with Gasteiger partial charge in [0, 0.05) is 25.4 Å². The standard InChI is InChI=1S/C10H15NO2.C10H12.C9H13NO.C8H11NO.C8H11N.C7H9N.C7H14.C5H12/c1-12-9-4-3-8(5-6-11)7-10(9)13-2;1-8-5-6-9-3-2-4-10(9)7-8;1-11-9-5-3-2-4-8(9)6-7-10;9-8-3-1-7(2-4-8)5-6-10;1-7-2-4-8(6-9)5-3-7;8-6-7-4-2-1-3-5-7;1-7-5-3-2-4-6-7;1-3-5-4-2/h3-4,7H,5-6,11H2,1-2H3;5-7H,2-4H2,1H3;2-5H,6-7,10H2,1H3;1-4,10H,5-6,9H2;2-5H,6,9H2,1H3;1-5H,6,8H2;7H,2-6H2,1H3;3-5H2,1-2H3. The minimum absolute atomic E-state index is 0.198. The van der Waals surface area contributed by atoms with E-state index in [4.69, 9.17) is 48.0 Å². The van der Waals surface area contributed by atoms with Crippen LogP contribution in [0.3, 0.4) is 0 Å². The molecule has 402 valence electrons. The fraction of sp³-hybridized carbons (Fsp3) is 0.438. The van der Waals surface area contributed by atoms with Crippen molar-refractivity contribution >= 4 is 5.69 Å². The van der Waals surface area contributed by atoms with E-state index in [0.29, 0.717) is 32.6 Å². The van der Waals surface area contributed by atoms with Crippen LogP contribution in [0.1, 0.15) is 129 Å². The maximum Gasteiger partial charge on any atom is 0.160 e. The van der Waals surface area contributed by atoms with Crippen LogP contribution in [-0.4, -0.2) is 46.1 Å². The Labute approximate surface area is 443 Å². The molecule has 2 aliphatic rings. The predicted octanol–water partition coefficient (Wildman–Crippen LogP) is 13.1. The maximum atomic E-state index is 8.56. The summed E-state index contributed by atoms with van der Waals surface area (Å²) in [4.78, 5) is 0. The van der Waals surface area contributed by atoms with E-state index in [1.54, 1.807) is 32.5 Å². The number of nitrogen functional groups attached to an aromatic ring is 1. The lowest BCUT2D eigenvalue weighted by molar-refractivity contribution is 0.299. The third-order valence-electron chi connectivity index (χ3n) is 12.2. The summed E-state index contributed by atoms with van der Waals surface area (Å²) >= 11 is 0. The molecule has 0 unspecified atom stereocenters. The highest BCUT2D eigenvalue weighted by Crippen LogP contribution is 2.27. The van der Waals surface area contributed by atoms with Crippen molar-refractivity contribution in [2.45, 2.75) is 138 Å². The van der Waals surface area contributed by atoms with Gasteiger partial charge in [-0.1, -0.05) is 192 Å². The van der Waals surface area contributed by atoms with E-state index in [9.17, 15) is 0 Å². The second-order valence-electron chi connectivity index (χ2n) is 18.4. The summed E-state index contributed by atoms with van der Waals surface area (Å²) in [5, 5.41) is 8.56. The molecule has 0 bridgehead atoms. The number of unbranched alkanes of at least 4 members (excludes halogenated alkanes) is 2. The van der Waals surface area contributed by atoms with E-state index in [1.165, 1.54) is 104 Å². The lowest BCUT2D eigenvalue weighted by atomic mass is 9.91. The summed E-state index contributed by atoms with van der Waals surface area (Å²) in [6, 6.07) is 46.3. The average molecular weight is 1000 g/mol. The Kier molecular flexibility index (Phi) is 38.3. The number of hydrogen-bond donors (Lipinski definition) is 6. The minimum Gasteiger partial charge on any atom is -0.496 e. The monoisotopic (exact) mass is 1000 g/mol. The molecule has 0 aromatic heterocycles. The second-order valence-corrected chi connectivity index (χ2v) is 18.4. The zero-order valence-corrected chi connectivity index (χ0v) is 46.4. The van der Waals surface area contributed by atoms with Crippen LogP contribution in [0.4, 0.5) is 5.69 Å². The van der Waals surface area contributed by atoms with Crippen molar-refractivity contribution in [3.63, 3.8) is 0 Å². The molecule has 0 saturated heterocycles. The van der Waals surface area contributed by atoms with E-state index in [2.05, 4.69) is 77.1 Å². The molecule has 9 nitrogen and oxygen atoms in total. The summed E-state index contributed by atoms with van der Waals surface area (Å²) in [6.07, 6.45) is 17.9. The zero-order chi connectivity index (χ0) is 53.9. The van der Waals surface area contributed by atoms with Gasteiger partial charge < -0.3 is 48.0 Å². The molecule has 2 aliphatic carbocycles. The van der Waals surface area contributed by atoms with Crippen molar-refractivity contribution in [3.8, 4) is 17.2 Å². The summed E-state index contributed by atoms with van der Waals surface area (Å²) in [5.74, 6) is 3.48. The van der Waals surface area contributed by atoms with E-state index in [-0.39, 0.29) is 6.61 Å². The SMILES string of the molecule is CC1CCCCC1.CCCCC.COc1ccc(CCN)cc1OC.COc1ccccc1CCN.Cc1ccc(CN)cc1.Cc1ccc2c(c1)CCC2.NCc1ccccc1.Nc1ccc(CCO)cc1. The molecule has 1 saturated carbocycles. The number of fused-ring (bicyclic) bond motifs is 1. The number of ether oxygens (including phenoxy) is 3. The Morgan fingerprint density at radius 2 is 1.03 bits per heavy atom. The van der Waals surface area contributed by atoms with Gasteiger partial charge in [0.1, 0.15) is 5.75 Å². The molecule has 1 fully saturated rings. The predicted molar refractivity (Wildman–Crippen MR) is 314 cm³/mol. The normalized spacial score (nSPS) is 11.8. The molecule has 0 aliphatic heterocycles. The summed E-state index contributed by atoms with van der Waals surface area (Å²) in [7, 11) is 4.93. The van der Waals surface area contributed by atoms with Crippen molar-refractivity contribution in [2.24, 2.45) is 28.9 Å². The van der Waals surface area contributed by atoms with Crippen molar-refractivity contribution in [2.75, 3.05) is 46.8 Å². The number of para-hydroxylation sites is 1. The van der Waals surface area contributed by atoms with Crippen molar-refractivity contribution in [1.82, 2.24) is 0 Å². The van der Waals surface area contributed by atoms with Gasteiger partial charge in [0.25, 0.3) is 0 Å². The fourth-order valence-corrected chi connectivity index (χ4v) is 7.78. The van der Waals surface area contributed by atoms with Crippen LogP contribution >= 0.6 is 0 Å². The van der Waals surface area contributed by atoms with Gasteiger partial charge in [-0.05, 0) is 141 Å². The smallest absolute Gasteiger partial charge is 0.160 e. The molecule has 8 rings (SSSR count). The molecule has 0 atom stereocenters. The molecule has 9 heteroatoms. The van der Waals surface area contributed by atoms with Crippen LogP contribution in [0.5, 0.6) is 17.2 Å². The van der Waals surface area contributed by atoms with Gasteiger partial charge in [0.05, 0.1) is 21.3 Å². The molecular formula is C64H97N5O4. The molecule has 6 aromatic rings. The Balaban J connectivity index is 0.000000422. The number of aliphatic hydroxyl groups excluding tert-OH is 1. The van der Waals surface area contributed by atoms with Gasteiger partial charge in [-0.15, -0.1) is 0 Å². The Morgan fingerprint density at radius 3 is 1.53 bits per heavy atom. The first-order valence-electron chi connectivity index (χ1n) is 26.7. The van der Waals surface area contributed by atoms with E-state index in [0.717, 1.165) is 47.3 Å². The fourth-order valence-electron chi connectivity index (χ4n) is 7.78. The quantitative estimate of drug-likeness (QED) is 0.0615. The maximum absolute atomic E-state index is 8.56. The minimum atomic E-state index is 0.198. The van der Waals surface area contributed by atoms with Crippen LogP contribution in [0.15, 0.2) is 140 Å². The highest BCUT2D eigenvalue weighted by atomic mass is 16.5. The first kappa shape index (κ1) is 65.3. The van der Waals surface area contributed by atoms with Gasteiger partial charge in [0.2, 0.25) is 0 Å². The van der Waals surface area contributed by atoms with Crippen LogP contribution in [0.2, 0.25) is 0 Å². The van der Waals surface area contributed by atoms with Gasteiger partial charge in [0.15, 0.2) is 11.5 Å². The average Bonchev–Trinajstić information content (AvgIpc) is 3.90. The molecule has 6 aromatic carbocycles.